The van der Waals surface area contributed by atoms with E-state index in [9.17, 15) is 0 Å². The van der Waals surface area contributed by atoms with Crippen LogP contribution in [-0.2, 0) is 0 Å². The maximum Gasteiger partial charge on any atom is 0.328 e. The smallest absolute Gasteiger partial charge is 0.328 e. The van der Waals surface area contributed by atoms with E-state index >= 15 is 0 Å². The third-order valence-electron chi connectivity index (χ3n) is 2.70. The lowest BCUT2D eigenvalue weighted by Gasteiger charge is -2.08. The zero-order valence-electron chi connectivity index (χ0n) is 11.3. The van der Waals surface area contributed by atoms with Crippen LogP contribution in [0.25, 0.3) is 5.95 Å². The van der Waals surface area contributed by atoms with E-state index in [2.05, 4.69) is 25.4 Å². The Morgan fingerprint density at radius 3 is 2.62 bits per heavy atom. The van der Waals surface area contributed by atoms with Crippen LogP contribution in [0.3, 0.4) is 0 Å². The minimum absolute atomic E-state index is 0.144. The van der Waals surface area contributed by atoms with Gasteiger partial charge in [0.05, 0.1) is 0 Å². The summed E-state index contributed by atoms with van der Waals surface area (Å²) in [6.45, 7) is 2.00. The summed E-state index contributed by atoms with van der Waals surface area (Å²) >= 11 is 0. The third kappa shape index (κ3) is 2.95. The molecule has 106 valence electrons. The molecule has 0 saturated heterocycles. The highest BCUT2D eigenvalue weighted by Gasteiger charge is 2.09. The van der Waals surface area contributed by atoms with Crippen LogP contribution in [0.1, 0.15) is 5.56 Å². The van der Waals surface area contributed by atoms with Crippen molar-refractivity contribution in [1.82, 2.24) is 24.5 Å². The molecular formula is C13H13N7O. The Labute approximate surface area is 120 Å². The number of nitrogen functional groups attached to an aromatic ring is 1. The number of ether oxygens (including phenoxy) is 1. The molecule has 0 amide bonds. The van der Waals surface area contributed by atoms with Crippen molar-refractivity contribution in [2.75, 3.05) is 5.43 Å². The molecule has 3 N–H and O–H groups in total. The number of hydrogen-bond acceptors (Lipinski definition) is 7. The summed E-state index contributed by atoms with van der Waals surface area (Å²) in [6, 6.07) is 7.70. The largest absolute Gasteiger partial charge is 0.424 e. The van der Waals surface area contributed by atoms with Crippen molar-refractivity contribution in [1.29, 1.82) is 0 Å². The van der Waals surface area contributed by atoms with Gasteiger partial charge in [-0.05, 0) is 19.1 Å². The lowest BCUT2D eigenvalue weighted by molar-refractivity contribution is 0.439. The van der Waals surface area contributed by atoms with Crippen LogP contribution in [0.4, 0.5) is 5.95 Å². The van der Waals surface area contributed by atoms with Crippen molar-refractivity contribution in [3.63, 3.8) is 0 Å². The highest BCUT2D eigenvalue weighted by atomic mass is 16.5. The number of hydrazine groups is 1. The average molecular weight is 283 g/mol. The lowest BCUT2D eigenvalue weighted by atomic mass is 10.2. The van der Waals surface area contributed by atoms with Gasteiger partial charge in [0.25, 0.3) is 0 Å². The number of hydrogen-bond donors (Lipinski definition) is 2. The fourth-order valence-electron chi connectivity index (χ4n) is 1.66. The molecule has 0 atom stereocenters. The van der Waals surface area contributed by atoms with Gasteiger partial charge < -0.3 is 4.74 Å². The Hall–Kier alpha value is -3.00. The summed E-state index contributed by atoms with van der Waals surface area (Å²) in [6.07, 6.45) is 4.91. The summed E-state index contributed by atoms with van der Waals surface area (Å²) in [4.78, 5) is 16.4. The molecule has 8 nitrogen and oxygen atoms in total. The molecule has 0 unspecified atom stereocenters. The minimum Gasteiger partial charge on any atom is -0.424 e. The van der Waals surface area contributed by atoms with Crippen LogP contribution >= 0.6 is 0 Å². The van der Waals surface area contributed by atoms with Crippen LogP contribution in [0.15, 0.2) is 43.0 Å². The number of rotatable bonds is 4. The van der Waals surface area contributed by atoms with E-state index in [1.54, 1.807) is 23.3 Å². The summed E-state index contributed by atoms with van der Waals surface area (Å²) in [7, 11) is 0. The van der Waals surface area contributed by atoms with E-state index in [4.69, 9.17) is 10.6 Å². The minimum atomic E-state index is 0.144. The second-order valence-electron chi connectivity index (χ2n) is 4.27. The predicted octanol–water partition coefficient (Wildman–Crippen LogP) is 1.44. The number of nitrogens with one attached hydrogen (secondary N) is 1. The zero-order chi connectivity index (χ0) is 14.7. The van der Waals surface area contributed by atoms with Crippen molar-refractivity contribution in [2.45, 2.75) is 6.92 Å². The standard InChI is InChI=1S/C13H13N7O/c1-9-2-4-10(5-3-9)21-13-17-11(19-14)16-12(18-13)20-7-6-15-8-20/h2-8H,14H2,1H3,(H,16,17,18,19). The monoisotopic (exact) mass is 283 g/mol. The van der Waals surface area contributed by atoms with Gasteiger partial charge >= 0.3 is 6.01 Å². The molecule has 3 aromatic rings. The third-order valence-corrected chi connectivity index (χ3v) is 2.70. The second-order valence-corrected chi connectivity index (χ2v) is 4.27. The first-order valence-corrected chi connectivity index (χ1v) is 6.20. The van der Waals surface area contributed by atoms with E-state index in [1.807, 2.05) is 31.2 Å². The van der Waals surface area contributed by atoms with Gasteiger partial charge in [-0.25, -0.2) is 10.8 Å². The number of aryl methyl sites for hydroxylation is 1. The van der Waals surface area contributed by atoms with Gasteiger partial charge in [-0.1, -0.05) is 17.7 Å². The maximum atomic E-state index is 5.62. The van der Waals surface area contributed by atoms with Crippen LogP contribution in [0, 0.1) is 6.92 Å². The fraction of sp³-hybridized carbons (Fsp3) is 0.0769. The van der Waals surface area contributed by atoms with Crippen molar-refractivity contribution in [3.05, 3.63) is 48.5 Å². The van der Waals surface area contributed by atoms with Crippen molar-refractivity contribution in [3.8, 4) is 17.7 Å². The normalized spacial score (nSPS) is 10.4. The van der Waals surface area contributed by atoms with E-state index in [0.717, 1.165) is 5.56 Å². The van der Waals surface area contributed by atoms with Crippen LogP contribution in [0.2, 0.25) is 0 Å². The number of aromatic nitrogens is 5. The molecule has 21 heavy (non-hydrogen) atoms. The number of benzene rings is 1. The fourth-order valence-corrected chi connectivity index (χ4v) is 1.66. The first-order valence-electron chi connectivity index (χ1n) is 6.20. The molecule has 0 radical (unpaired) electrons. The zero-order valence-corrected chi connectivity index (χ0v) is 11.3. The molecule has 0 spiro atoms. The van der Waals surface area contributed by atoms with Crippen LogP contribution < -0.4 is 16.0 Å². The molecule has 8 heteroatoms. The quantitative estimate of drug-likeness (QED) is 0.551. The molecule has 0 fully saturated rings. The second kappa shape index (κ2) is 5.55. The number of nitrogens with zero attached hydrogens (tertiary/aromatic N) is 5. The summed E-state index contributed by atoms with van der Waals surface area (Å²) in [5, 5.41) is 0. The van der Waals surface area contributed by atoms with Gasteiger partial charge in [-0.3, -0.25) is 9.99 Å². The summed E-state index contributed by atoms with van der Waals surface area (Å²) in [5.74, 6) is 6.57. The molecule has 0 aliphatic carbocycles. The molecule has 0 aliphatic heterocycles. The van der Waals surface area contributed by atoms with Crippen molar-refractivity contribution >= 4 is 5.95 Å². The van der Waals surface area contributed by atoms with E-state index in [0.29, 0.717) is 11.7 Å². The van der Waals surface area contributed by atoms with Crippen LogP contribution in [-0.4, -0.2) is 24.5 Å². The first kappa shape index (κ1) is 13.0. The Morgan fingerprint density at radius 2 is 1.95 bits per heavy atom. The van der Waals surface area contributed by atoms with Crippen molar-refractivity contribution in [2.24, 2.45) is 5.84 Å². The molecule has 2 aromatic heterocycles. The number of nitrogens with two attached hydrogens (primary N) is 1. The predicted molar refractivity (Wildman–Crippen MR) is 76.0 cm³/mol. The number of anilines is 1. The topological polar surface area (TPSA) is 104 Å². The van der Waals surface area contributed by atoms with Gasteiger partial charge in [0.1, 0.15) is 12.1 Å². The lowest BCUT2D eigenvalue weighted by Crippen LogP contribution is -2.13. The summed E-state index contributed by atoms with van der Waals surface area (Å²) < 4.78 is 7.25. The Kier molecular flexibility index (Phi) is 3.44. The number of imidazole rings is 1. The first-order chi connectivity index (χ1) is 10.2. The molecule has 1 aromatic carbocycles. The van der Waals surface area contributed by atoms with Gasteiger partial charge in [-0.15, -0.1) is 0 Å². The van der Waals surface area contributed by atoms with Gasteiger partial charge in [0.2, 0.25) is 11.9 Å². The van der Waals surface area contributed by atoms with E-state index < -0.39 is 0 Å². The van der Waals surface area contributed by atoms with E-state index in [1.165, 1.54) is 0 Å². The highest BCUT2D eigenvalue weighted by Crippen LogP contribution is 2.19. The Balaban J connectivity index is 1.94. The molecule has 2 heterocycles. The Bertz CT molecular complexity index is 725. The summed E-state index contributed by atoms with van der Waals surface area (Å²) in [5.41, 5.74) is 3.53. The molecule has 0 bridgehead atoms. The van der Waals surface area contributed by atoms with Gasteiger partial charge in [0, 0.05) is 12.4 Å². The van der Waals surface area contributed by atoms with Crippen molar-refractivity contribution < 1.29 is 4.74 Å². The average Bonchev–Trinajstić information content (AvgIpc) is 3.04. The van der Waals surface area contributed by atoms with Gasteiger partial charge in [0.15, 0.2) is 0 Å². The maximum absolute atomic E-state index is 5.62. The van der Waals surface area contributed by atoms with Gasteiger partial charge in [-0.2, -0.15) is 15.0 Å². The molecule has 3 rings (SSSR count). The Morgan fingerprint density at radius 1 is 1.14 bits per heavy atom. The molecule has 0 saturated carbocycles. The SMILES string of the molecule is Cc1ccc(Oc2nc(NN)nc(-n3ccnc3)n2)cc1. The highest BCUT2D eigenvalue weighted by molar-refractivity contribution is 5.32. The van der Waals surface area contributed by atoms with E-state index in [-0.39, 0.29) is 12.0 Å². The molecule has 0 aliphatic rings. The van der Waals surface area contributed by atoms with Crippen LogP contribution in [0.5, 0.6) is 11.8 Å². The molecular weight excluding hydrogens is 270 g/mol.